The molecule has 0 spiro atoms. The maximum Gasteiger partial charge on any atom is 0.573 e. The molecular weight excluding hydrogens is 577 g/mol. The van der Waals surface area contributed by atoms with Crippen molar-refractivity contribution in [3.05, 3.63) is 22.7 Å². The Balaban J connectivity index is 2.63. The number of alkyl halides is 3. The predicted octanol–water partition coefficient (Wildman–Crippen LogP) is 3.20. The number of rotatable bonds is 8. The van der Waals surface area contributed by atoms with E-state index in [0.717, 1.165) is 39.8 Å². The molecule has 1 saturated heterocycles. The molecule has 2 rings (SSSR count). The third-order valence-electron chi connectivity index (χ3n) is 4.77. The lowest BCUT2D eigenvalue weighted by molar-refractivity contribution is -0.322. The van der Waals surface area contributed by atoms with Crippen molar-refractivity contribution in [1.82, 2.24) is 0 Å². The van der Waals surface area contributed by atoms with Crippen LogP contribution in [0.5, 0.6) is 11.5 Å². The lowest BCUT2D eigenvalue weighted by Crippen LogP contribution is -2.70. The van der Waals surface area contributed by atoms with Crippen LogP contribution in [0.15, 0.2) is 22.7 Å². The second kappa shape index (κ2) is 12.0. The Morgan fingerprint density at radius 2 is 1.59 bits per heavy atom. The predicted molar refractivity (Wildman–Crippen MR) is 118 cm³/mol. The molecular formula is C22H24BrF3O11. The molecule has 1 aromatic carbocycles. The third kappa shape index (κ3) is 8.49. The van der Waals surface area contributed by atoms with Gasteiger partial charge in [0.2, 0.25) is 11.9 Å². The molecule has 1 aliphatic heterocycles. The molecule has 15 heteroatoms. The summed E-state index contributed by atoms with van der Waals surface area (Å²) in [5.74, 6) is -4.68. The van der Waals surface area contributed by atoms with Gasteiger partial charge in [-0.2, -0.15) is 0 Å². The van der Waals surface area contributed by atoms with Gasteiger partial charge in [0.15, 0.2) is 23.7 Å². The van der Waals surface area contributed by atoms with Crippen molar-refractivity contribution in [2.24, 2.45) is 0 Å². The van der Waals surface area contributed by atoms with Crippen molar-refractivity contribution in [3.63, 3.8) is 0 Å². The van der Waals surface area contributed by atoms with Gasteiger partial charge in [-0.1, -0.05) is 15.9 Å². The van der Waals surface area contributed by atoms with E-state index in [-0.39, 0.29) is 4.47 Å². The Morgan fingerprint density at radius 3 is 2.11 bits per heavy atom. The minimum absolute atomic E-state index is 0.215. The molecule has 5 atom stereocenters. The minimum Gasteiger partial charge on any atom is -0.463 e. The standard InChI is InChI=1S/C22H24BrF3O11/c1-10(27)31-9-17-18(32-11(2)28)19(33-12(3)29)21(5,36-13(4)30)20(35-17)34-15-7-6-14(23)8-16(15)37-22(24,25)26/h6-8,17-20H,9H2,1-5H3/t17-,18-,19+,20+,21+/m1/s1. The molecule has 37 heavy (non-hydrogen) atoms. The van der Waals surface area contributed by atoms with Gasteiger partial charge in [0.25, 0.3) is 0 Å². The van der Waals surface area contributed by atoms with Gasteiger partial charge in [-0.25, -0.2) is 0 Å². The zero-order valence-electron chi connectivity index (χ0n) is 20.3. The van der Waals surface area contributed by atoms with Crippen LogP contribution in [0.4, 0.5) is 13.2 Å². The van der Waals surface area contributed by atoms with Crippen LogP contribution >= 0.6 is 15.9 Å². The van der Waals surface area contributed by atoms with E-state index in [0.29, 0.717) is 0 Å². The first-order chi connectivity index (χ1) is 17.0. The molecule has 0 saturated carbocycles. The summed E-state index contributed by atoms with van der Waals surface area (Å²) in [5.41, 5.74) is -2.09. The number of ether oxygens (including phenoxy) is 7. The van der Waals surface area contributed by atoms with Crippen molar-refractivity contribution in [1.29, 1.82) is 0 Å². The summed E-state index contributed by atoms with van der Waals surface area (Å²) < 4.78 is 75.8. The van der Waals surface area contributed by atoms with Crippen molar-refractivity contribution in [2.75, 3.05) is 6.61 Å². The normalized spacial score (nSPS) is 25.4. The van der Waals surface area contributed by atoms with Crippen LogP contribution in [-0.2, 0) is 42.9 Å². The Kier molecular flexibility index (Phi) is 9.77. The maximum absolute atomic E-state index is 13.0. The molecule has 1 heterocycles. The molecule has 0 amide bonds. The molecule has 1 aromatic rings. The number of esters is 4. The van der Waals surface area contributed by atoms with Crippen molar-refractivity contribution in [2.45, 2.75) is 71.2 Å². The van der Waals surface area contributed by atoms with E-state index in [1.54, 1.807) is 0 Å². The highest BCUT2D eigenvalue weighted by Gasteiger charge is 2.61. The molecule has 0 N–H and O–H groups in total. The zero-order valence-corrected chi connectivity index (χ0v) is 21.8. The molecule has 1 aliphatic rings. The molecule has 11 nitrogen and oxygen atoms in total. The lowest BCUT2D eigenvalue weighted by Gasteiger charge is -2.49. The monoisotopic (exact) mass is 600 g/mol. The highest BCUT2D eigenvalue weighted by atomic mass is 79.9. The van der Waals surface area contributed by atoms with Gasteiger partial charge in [0, 0.05) is 32.2 Å². The molecule has 0 aromatic heterocycles. The van der Waals surface area contributed by atoms with Gasteiger partial charge in [0.1, 0.15) is 12.7 Å². The van der Waals surface area contributed by atoms with E-state index < -0.39 is 78.5 Å². The van der Waals surface area contributed by atoms with Crippen LogP contribution in [-0.4, -0.2) is 67.0 Å². The van der Waals surface area contributed by atoms with Gasteiger partial charge in [0.05, 0.1) is 0 Å². The van der Waals surface area contributed by atoms with Crippen LogP contribution < -0.4 is 9.47 Å². The average Bonchev–Trinajstić information content (AvgIpc) is 2.71. The smallest absolute Gasteiger partial charge is 0.463 e. The topological polar surface area (TPSA) is 133 Å². The fourth-order valence-electron chi connectivity index (χ4n) is 3.51. The second-order valence-electron chi connectivity index (χ2n) is 7.95. The fourth-order valence-corrected chi connectivity index (χ4v) is 3.85. The average molecular weight is 601 g/mol. The van der Waals surface area contributed by atoms with E-state index in [4.69, 9.17) is 28.4 Å². The minimum atomic E-state index is -5.09. The lowest BCUT2D eigenvalue weighted by atomic mass is 9.87. The number of halogens is 4. The Bertz CT molecular complexity index is 1030. The van der Waals surface area contributed by atoms with E-state index in [2.05, 4.69) is 20.7 Å². The molecule has 206 valence electrons. The van der Waals surface area contributed by atoms with Gasteiger partial charge in [-0.05, 0) is 25.1 Å². The first-order valence-electron chi connectivity index (χ1n) is 10.6. The SMILES string of the molecule is CC(=O)OC[C@H]1O[C@H](Oc2ccc(Br)cc2OC(F)(F)F)[C@@](C)(OC(C)=O)[C@@H](OC(C)=O)[C@@H]1OC(C)=O. The highest BCUT2D eigenvalue weighted by molar-refractivity contribution is 9.10. The van der Waals surface area contributed by atoms with E-state index in [1.165, 1.54) is 13.0 Å². The Morgan fingerprint density at radius 1 is 0.973 bits per heavy atom. The second-order valence-corrected chi connectivity index (χ2v) is 8.86. The van der Waals surface area contributed by atoms with E-state index in [9.17, 15) is 32.3 Å². The van der Waals surface area contributed by atoms with Gasteiger partial charge < -0.3 is 33.2 Å². The van der Waals surface area contributed by atoms with E-state index >= 15 is 0 Å². The van der Waals surface area contributed by atoms with Crippen LogP contribution in [0.3, 0.4) is 0 Å². The molecule has 0 aliphatic carbocycles. The first kappa shape index (κ1) is 30.2. The summed E-state index contributed by atoms with van der Waals surface area (Å²) in [7, 11) is 0. The molecule has 0 radical (unpaired) electrons. The third-order valence-corrected chi connectivity index (χ3v) is 5.26. The number of hydrogen-bond donors (Lipinski definition) is 0. The number of carbonyl (C=O) groups excluding carboxylic acids is 4. The van der Waals surface area contributed by atoms with Gasteiger partial charge >= 0.3 is 30.2 Å². The molecule has 1 fully saturated rings. The number of hydrogen-bond acceptors (Lipinski definition) is 11. The largest absolute Gasteiger partial charge is 0.573 e. The maximum atomic E-state index is 13.0. The number of benzene rings is 1. The summed E-state index contributed by atoms with van der Waals surface area (Å²) in [5, 5.41) is 0. The quantitative estimate of drug-likeness (QED) is 0.322. The summed E-state index contributed by atoms with van der Waals surface area (Å²) in [6.45, 7) is 4.82. The van der Waals surface area contributed by atoms with Crippen molar-refractivity contribution in [3.8, 4) is 11.5 Å². The Labute approximate surface area is 217 Å². The Hall–Kier alpha value is -3.07. The number of carbonyl (C=O) groups is 4. The summed E-state index contributed by atoms with van der Waals surface area (Å²) in [6, 6.07) is 3.42. The summed E-state index contributed by atoms with van der Waals surface area (Å²) >= 11 is 3.04. The van der Waals surface area contributed by atoms with Crippen LogP contribution in [0, 0.1) is 0 Å². The van der Waals surface area contributed by atoms with Crippen molar-refractivity contribution < 1.29 is 65.5 Å². The fraction of sp³-hybridized carbons (Fsp3) is 0.545. The van der Waals surface area contributed by atoms with Gasteiger partial charge in [-0.3, -0.25) is 19.2 Å². The van der Waals surface area contributed by atoms with Crippen LogP contribution in [0.1, 0.15) is 34.6 Å². The molecule has 0 unspecified atom stereocenters. The summed E-state index contributed by atoms with van der Waals surface area (Å²) in [4.78, 5) is 47.3. The zero-order chi connectivity index (χ0) is 28.1. The van der Waals surface area contributed by atoms with Crippen LogP contribution in [0.25, 0.3) is 0 Å². The van der Waals surface area contributed by atoms with Crippen LogP contribution in [0.2, 0.25) is 0 Å². The van der Waals surface area contributed by atoms with E-state index in [1.807, 2.05) is 0 Å². The van der Waals surface area contributed by atoms with Crippen molar-refractivity contribution >= 4 is 39.8 Å². The highest BCUT2D eigenvalue weighted by Crippen LogP contribution is 2.41. The molecule has 0 bridgehead atoms. The first-order valence-corrected chi connectivity index (χ1v) is 11.4. The van der Waals surface area contributed by atoms with Gasteiger partial charge in [-0.15, -0.1) is 13.2 Å². The summed E-state index contributed by atoms with van der Waals surface area (Å²) in [6.07, 6.45) is -11.3.